The van der Waals surface area contributed by atoms with Gasteiger partial charge in [0.05, 0.1) is 0 Å². The Bertz CT molecular complexity index is 493. The molecular formula is C17H24N2O2. The first-order chi connectivity index (χ1) is 9.92. The van der Waals surface area contributed by atoms with Crippen LogP contribution in [0.3, 0.4) is 0 Å². The highest BCUT2D eigenvalue weighted by atomic mass is 16.6. The molecule has 0 atom stereocenters. The third kappa shape index (κ3) is 5.58. The molecule has 0 saturated heterocycles. The number of rotatable bonds is 2. The lowest BCUT2D eigenvalue weighted by Gasteiger charge is -2.27. The molecule has 4 nitrogen and oxygen atoms in total. The highest BCUT2D eigenvalue weighted by Crippen LogP contribution is 2.25. The maximum Gasteiger partial charge on any atom is 0.407 e. The quantitative estimate of drug-likeness (QED) is 0.897. The molecule has 2 rings (SSSR count). The molecule has 0 radical (unpaired) electrons. The van der Waals surface area contributed by atoms with E-state index in [4.69, 9.17) is 4.74 Å². The molecule has 1 aliphatic carbocycles. The van der Waals surface area contributed by atoms with Crippen molar-refractivity contribution in [3.05, 3.63) is 35.7 Å². The van der Waals surface area contributed by atoms with E-state index in [0.29, 0.717) is 0 Å². The van der Waals surface area contributed by atoms with Crippen LogP contribution in [0, 0.1) is 0 Å². The van der Waals surface area contributed by atoms with Gasteiger partial charge in [-0.25, -0.2) is 4.79 Å². The van der Waals surface area contributed by atoms with E-state index in [0.717, 1.165) is 25.7 Å². The Morgan fingerprint density at radius 1 is 1.29 bits per heavy atom. The summed E-state index contributed by atoms with van der Waals surface area (Å²) in [6.45, 7) is 5.63. The summed E-state index contributed by atoms with van der Waals surface area (Å²) in [4.78, 5) is 15.8. The number of pyridine rings is 1. The Morgan fingerprint density at radius 2 is 1.90 bits per heavy atom. The largest absolute Gasteiger partial charge is 0.444 e. The minimum Gasteiger partial charge on any atom is -0.444 e. The van der Waals surface area contributed by atoms with Crippen LogP contribution in [0.5, 0.6) is 0 Å². The molecular weight excluding hydrogens is 264 g/mol. The highest BCUT2D eigenvalue weighted by Gasteiger charge is 2.22. The van der Waals surface area contributed by atoms with Crippen molar-refractivity contribution < 1.29 is 9.53 Å². The monoisotopic (exact) mass is 288 g/mol. The van der Waals surface area contributed by atoms with Crippen LogP contribution in [0.4, 0.5) is 4.79 Å². The van der Waals surface area contributed by atoms with Crippen LogP contribution < -0.4 is 5.32 Å². The van der Waals surface area contributed by atoms with Crippen LogP contribution >= 0.6 is 0 Å². The Morgan fingerprint density at radius 3 is 2.48 bits per heavy atom. The molecule has 1 amide bonds. The maximum atomic E-state index is 11.7. The number of nitrogens with one attached hydrogen (secondary N) is 1. The second kappa shape index (κ2) is 6.74. The van der Waals surface area contributed by atoms with Crippen molar-refractivity contribution in [1.29, 1.82) is 0 Å². The van der Waals surface area contributed by atoms with Crippen molar-refractivity contribution in [2.75, 3.05) is 0 Å². The molecule has 0 spiro atoms. The summed E-state index contributed by atoms with van der Waals surface area (Å²) < 4.78 is 5.29. The average Bonchev–Trinajstić information content (AvgIpc) is 2.40. The van der Waals surface area contributed by atoms with Gasteiger partial charge >= 0.3 is 6.09 Å². The van der Waals surface area contributed by atoms with E-state index >= 15 is 0 Å². The summed E-state index contributed by atoms with van der Waals surface area (Å²) in [6.07, 6.45) is 9.50. The Kier molecular flexibility index (Phi) is 4.99. The molecule has 0 bridgehead atoms. The summed E-state index contributed by atoms with van der Waals surface area (Å²) in [6, 6.07) is 4.24. The van der Waals surface area contributed by atoms with Crippen molar-refractivity contribution in [2.45, 2.75) is 58.1 Å². The Hall–Kier alpha value is -1.84. The molecule has 0 aliphatic heterocycles. The molecule has 1 saturated carbocycles. The lowest BCUT2D eigenvalue weighted by molar-refractivity contribution is 0.0496. The summed E-state index contributed by atoms with van der Waals surface area (Å²) in [5.41, 5.74) is 2.19. The fourth-order valence-electron chi connectivity index (χ4n) is 2.45. The SMILES string of the molecule is CC(C)(C)OC(=O)NC1CCC(=Cc2ccncc2)CC1. The Balaban J connectivity index is 1.81. The molecule has 4 heteroatoms. The zero-order chi connectivity index (χ0) is 15.3. The van der Waals surface area contributed by atoms with Crippen molar-refractivity contribution in [3.63, 3.8) is 0 Å². The summed E-state index contributed by atoms with van der Waals surface area (Å²) in [5, 5.41) is 2.96. The topological polar surface area (TPSA) is 51.2 Å². The van der Waals surface area contributed by atoms with E-state index in [1.165, 1.54) is 11.1 Å². The molecule has 114 valence electrons. The lowest BCUT2D eigenvalue weighted by Crippen LogP contribution is -2.40. The third-order valence-corrected chi connectivity index (χ3v) is 3.43. The zero-order valence-corrected chi connectivity index (χ0v) is 13.1. The molecule has 0 unspecified atom stereocenters. The normalized spacial score (nSPS) is 19.0. The number of ether oxygens (including phenoxy) is 1. The Labute approximate surface area is 126 Å². The van der Waals surface area contributed by atoms with Crippen molar-refractivity contribution in [1.82, 2.24) is 10.3 Å². The van der Waals surface area contributed by atoms with Gasteiger partial charge in [-0.2, -0.15) is 0 Å². The lowest BCUT2D eigenvalue weighted by atomic mass is 9.90. The first-order valence-corrected chi connectivity index (χ1v) is 7.51. The standard InChI is InChI=1S/C17H24N2O2/c1-17(2,3)21-16(20)19-15-6-4-13(5-7-15)12-14-8-10-18-11-9-14/h8-12,15H,4-7H2,1-3H3,(H,19,20). The van der Waals surface area contributed by atoms with Crippen molar-refractivity contribution in [2.24, 2.45) is 0 Å². The molecule has 1 aromatic rings. The van der Waals surface area contributed by atoms with Crippen molar-refractivity contribution >= 4 is 12.2 Å². The van der Waals surface area contributed by atoms with Crippen LogP contribution in [0.1, 0.15) is 52.0 Å². The number of alkyl carbamates (subject to hydrolysis) is 1. The number of amides is 1. The van der Waals surface area contributed by atoms with Crippen molar-refractivity contribution in [3.8, 4) is 0 Å². The first-order valence-electron chi connectivity index (χ1n) is 7.51. The average molecular weight is 288 g/mol. The highest BCUT2D eigenvalue weighted by molar-refractivity contribution is 5.68. The summed E-state index contributed by atoms with van der Waals surface area (Å²) in [5.74, 6) is 0. The molecule has 0 aromatic carbocycles. The van der Waals surface area contributed by atoms with E-state index < -0.39 is 5.60 Å². The van der Waals surface area contributed by atoms with Gasteiger partial charge in [0, 0.05) is 18.4 Å². The van der Waals surface area contributed by atoms with E-state index in [9.17, 15) is 4.79 Å². The molecule has 1 aliphatic rings. The van der Waals surface area contributed by atoms with E-state index in [1.54, 1.807) is 0 Å². The number of carbonyl (C=O) groups is 1. The van der Waals surface area contributed by atoms with Gasteiger partial charge < -0.3 is 10.1 Å². The summed E-state index contributed by atoms with van der Waals surface area (Å²) in [7, 11) is 0. The second-order valence-electron chi connectivity index (χ2n) is 6.50. The summed E-state index contributed by atoms with van der Waals surface area (Å²) >= 11 is 0. The van der Waals surface area contributed by atoms with Crippen LogP contribution in [0.15, 0.2) is 30.1 Å². The zero-order valence-electron chi connectivity index (χ0n) is 13.1. The van der Waals surface area contributed by atoms with Gasteiger partial charge in [-0.1, -0.05) is 11.6 Å². The van der Waals surface area contributed by atoms with Gasteiger partial charge in [0.1, 0.15) is 5.60 Å². The molecule has 1 fully saturated rings. The van der Waals surface area contributed by atoms with Crippen LogP contribution in [-0.2, 0) is 4.74 Å². The minimum atomic E-state index is -0.439. The number of hydrogen-bond donors (Lipinski definition) is 1. The van der Waals surface area contributed by atoms with E-state index in [1.807, 2.05) is 45.3 Å². The number of allylic oxidation sites excluding steroid dienone is 1. The fourth-order valence-corrected chi connectivity index (χ4v) is 2.45. The fraction of sp³-hybridized carbons (Fsp3) is 0.529. The first kappa shape index (κ1) is 15.5. The number of nitrogens with zero attached hydrogens (tertiary/aromatic N) is 1. The minimum absolute atomic E-state index is 0.217. The van der Waals surface area contributed by atoms with Crippen LogP contribution in [0.2, 0.25) is 0 Å². The van der Waals surface area contributed by atoms with Crippen LogP contribution in [0.25, 0.3) is 6.08 Å². The third-order valence-electron chi connectivity index (χ3n) is 3.43. The second-order valence-corrected chi connectivity index (χ2v) is 6.50. The molecule has 1 aromatic heterocycles. The van der Waals surface area contributed by atoms with Gasteiger partial charge in [-0.05, 0) is 64.2 Å². The number of hydrogen-bond acceptors (Lipinski definition) is 3. The maximum absolute atomic E-state index is 11.7. The molecule has 1 heterocycles. The van der Waals surface area contributed by atoms with Gasteiger partial charge in [0.25, 0.3) is 0 Å². The van der Waals surface area contributed by atoms with Gasteiger partial charge in [0.15, 0.2) is 0 Å². The smallest absolute Gasteiger partial charge is 0.407 e. The van der Waals surface area contributed by atoms with Gasteiger partial charge in [0.2, 0.25) is 0 Å². The predicted molar refractivity (Wildman–Crippen MR) is 83.8 cm³/mol. The van der Waals surface area contributed by atoms with E-state index in [-0.39, 0.29) is 12.1 Å². The van der Waals surface area contributed by atoms with Crippen LogP contribution in [-0.4, -0.2) is 22.7 Å². The number of carbonyl (C=O) groups excluding carboxylic acids is 1. The molecule has 1 N–H and O–H groups in total. The molecule has 21 heavy (non-hydrogen) atoms. The van der Waals surface area contributed by atoms with Gasteiger partial charge in [-0.15, -0.1) is 0 Å². The van der Waals surface area contributed by atoms with Gasteiger partial charge in [-0.3, -0.25) is 4.98 Å². The van der Waals surface area contributed by atoms with E-state index in [2.05, 4.69) is 16.4 Å². The predicted octanol–water partition coefficient (Wildman–Crippen LogP) is 3.93. The number of aromatic nitrogens is 1.